The summed E-state index contributed by atoms with van der Waals surface area (Å²) >= 11 is 6.12. The van der Waals surface area contributed by atoms with Crippen LogP contribution in [0.1, 0.15) is 54.9 Å². The first-order valence-electron chi connectivity index (χ1n) is 13.0. The Kier molecular flexibility index (Phi) is 9.09. The summed E-state index contributed by atoms with van der Waals surface area (Å²) in [7, 11) is 0. The van der Waals surface area contributed by atoms with Crippen LogP contribution in [0, 0.1) is 28.2 Å². The van der Waals surface area contributed by atoms with Crippen LogP contribution >= 0.6 is 12.2 Å². The SMILES string of the molecule is C#Cc1cc(Cc2ccccc2)cc(-c2cn(CC#N)cc(-c3ccccc3CCCCCC)c2=S)c1. The lowest BCUT2D eigenvalue weighted by Gasteiger charge is -2.16. The number of hydrogen-bond acceptors (Lipinski definition) is 2. The van der Waals surface area contributed by atoms with Gasteiger partial charge < -0.3 is 4.57 Å². The minimum Gasteiger partial charge on any atom is -0.339 e. The van der Waals surface area contributed by atoms with E-state index in [9.17, 15) is 5.26 Å². The average molecular weight is 501 g/mol. The van der Waals surface area contributed by atoms with E-state index >= 15 is 0 Å². The monoisotopic (exact) mass is 500 g/mol. The lowest BCUT2D eigenvalue weighted by molar-refractivity contribution is 0.667. The van der Waals surface area contributed by atoms with Gasteiger partial charge in [-0.3, -0.25) is 0 Å². The lowest BCUT2D eigenvalue weighted by Crippen LogP contribution is -2.02. The molecular formula is C34H32N2S. The highest BCUT2D eigenvalue weighted by molar-refractivity contribution is 7.71. The Morgan fingerprint density at radius 2 is 1.59 bits per heavy atom. The van der Waals surface area contributed by atoms with Gasteiger partial charge in [0.1, 0.15) is 6.54 Å². The quantitative estimate of drug-likeness (QED) is 0.124. The second-order valence-corrected chi connectivity index (χ2v) is 9.85. The zero-order valence-corrected chi connectivity index (χ0v) is 22.2. The number of aryl methyl sites for hydroxylation is 1. The van der Waals surface area contributed by atoms with Gasteiger partial charge in [-0.2, -0.15) is 5.26 Å². The largest absolute Gasteiger partial charge is 0.339 e. The van der Waals surface area contributed by atoms with Gasteiger partial charge in [-0.25, -0.2) is 0 Å². The molecule has 37 heavy (non-hydrogen) atoms. The third-order valence-electron chi connectivity index (χ3n) is 6.66. The normalized spacial score (nSPS) is 10.6. The number of pyridine rings is 1. The van der Waals surface area contributed by atoms with Gasteiger partial charge in [-0.15, -0.1) is 6.42 Å². The first kappa shape index (κ1) is 26.2. The molecule has 0 radical (unpaired) electrons. The van der Waals surface area contributed by atoms with E-state index in [1.165, 1.54) is 30.4 Å². The highest BCUT2D eigenvalue weighted by Crippen LogP contribution is 2.33. The summed E-state index contributed by atoms with van der Waals surface area (Å²) < 4.78 is 2.73. The van der Waals surface area contributed by atoms with Crippen LogP contribution in [0.25, 0.3) is 22.3 Å². The van der Waals surface area contributed by atoms with E-state index in [1.54, 1.807) is 0 Å². The molecule has 184 valence electrons. The standard InChI is InChI=1S/C34H32N2S/c1-3-5-6-10-15-29-16-11-12-17-31(29)33-25-36(19-18-35)24-32(34(33)37)30-22-26(4-2)20-28(23-30)21-27-13-8-7-9-14-27/h2,7-9,11-14,16-17,20,22-25H,3,5-6,10,15,19,21H2,1H3. The number of rotatable bonds is 10. The minimum atomic E-state index is 0.250. The smallest absolute Gasteiger partial charge is 0.109 e. The van der Waals surface area contributed by atoms with E-state index < -0.39 is 0 Å². The number of unbranched alkanes of at least 4 members (excludes halogenated alkanes) is 3. The maximum Gasteiger partial charge on any atom is 0.109 e. The van der Waals surface area contributed by atoms with Gasteiger partial charge in [-0.05, 0) is 59.2 Å². The molecule has 3 heteroatoms. The fraction of sp³-hybridized carbons (Fsp3) is 0.235. The highest BCUT2D eigenvalue weighted by Gasteiger charge is 2.13. The zero-order valence-electron chi connectivity index (χ0n) is 21.4. The number of benzene rings is 3. The molecule has 0 aliphatic heterocycles. The van der Waals surface area contributed by atoms with Gasteiger partial charge in [0.25, 0.3) is 0 Å². The number of nitriles is 1. The first-order chi connectivity index (χ1) is 18.1. The fourth-order valence-corrected chi connectivity index (χ4v) is 5.14. The van der Waals surface area contributed by atoms with E-state index in [1.807, 2.05) is 29.1 Å². The second-order valence-electron chi connectivity index (χ2n) is 9.44. The number of aromatic nitrogens is 1. The van der Waals surface area contributed by atoms with E-state index in [-0.39, 0.29) is 6.54 Å². The highest BCUT2D eigenvalue weighted by atomic mass is 32.1. The fourth-order valence-electron chi connectivity index (χ4n) is 4.81. The summed E-state index contributed by atoms with van der Waals surface area (Å²) in [5.74, 6) is 2.82. The second kappa shape index (κ2) is 12.9. The van der Waals surface area contributed by atoms with Crippen molar-refractivity contribution in [3.8, 4) is 40.7 Å². The zero-order chi connectivity index (χ0) is 26.0. The Morgan fingerprint density at radius 3 is 2.35 bits per heavy atom. The summed E-state index contributed by atoms with van der Waals surface area (Å²) in [6.07, 6.45) is 16.5. The minimum absolute atomic E-state index is 0.250. The molecule has 0 unspecified atom stereocenters. The van der Waals surface area contributed by atoms with Crippen LogP contribution in [0.3, 0.4) is 0 Å². The summed E-state index contributed by atoms with van der Waals surface area (Å²) in [6, 6.07) is 27.5. The van der Waals surface area contributed by atoms with Crippen molar-refractivity contribution < 1.29 is 0 Å². The van der Waals surface area contributed by atoms with E-state index in [0.29, 0.717) is 0 Å². The van der Waals surface area contributed by atoms with Gasteiger partial charge in [0.2, 0.25) is 0 Å². The van der Waals surface area contributed by atoms with Gasteiger partial charge in [0.05, 0.1) is 10.6 Å². The van der Waals surface area contributed by atoms with Crippen molar-refractivity contribution in [2.75, 3.05) is 0 Å². The summed E-state index contributed by atoms with van der Waals surface area (Å²) in [5.41, 5.74) is 8.54. The van der Waals surface area contributed by atoms with Crippen LogP contribution in [-0.4, -0.2) is 4.57 Å². The lowest BCUT2D eigenvalue weighted by atomic mass is 9.93. The first-order valence-corrected chi connectivity index (χ1v) is 13.4. The molecule has 4 rings (SSSR count). The molecule has 0 spiro atoms. The van der Waals surface area contributed by atoms with Crippen molar-refractivity contribution in [1.29, 1.82) is 5.26 Å². The van der Waals surface area contributed by atoms with Crippen LogP contribution < -0.4 is 0 Å². The third kappa shape index (κ3) is 6.65. The van der Waals surface area contributed by atoms with Crippen LogP contribution in [0.4, 0.5) is 0 Å². The van der Waals surface area contributed by atoms with E-state index in [4.69, 9.17) is 18.6 Å². The molecule has 3 aromatic carbocycles. The van der Waals surface area contributed by atoms with Gasteiger partial charge in [0.15, 0.2) is 0 Å². The molecule has 0 fully saturated rings. The number of nitrogens with zero attached hydrogens (tertiary/aromatic N) is 2. The van der Waals surface area contributed by atoms with Crippen molar-refractivity contribution in [3.63, 3.8) is 0 Å². The molecule has 0 N–H and O–H groups in total. The molecule has 0 aliphatic rings. The molecule has 0 amide bonds. The Bertz CT molecular complexity index is 1500. The topological polar surface area (TPSA) is 28.7 Å². The molecule has 0 atom stereocenters. The van der Waals surface area contributed by atoms with Gasteiger partial charge >= 0.3 is 0 Å². The summed E-state index contributed by atoms with van der Waals surface area (Å²) in [4.78, 5) is 0. The van der Waals surface area contributed by atoms with Crippen molar-refractivity contribution in [1.82, 2.24) is 4.57 Å². The van der Waals surface area contributed by atoms with Gasteiger partial charge in [0, 0.05) is 29.1 Å². The van der Waals surface area contributed by atoms with Crippen molar-refractivity contribution >= 4 is 12.2 Å². The predicted octanol–water partition coefficient (Wildman–Crippen LogP) is 8.77. The van der Waals surface area contributed by atoms with Crippen LogP contribution in [0.5, 0.6) is 0 Å². The summed E-state index contributed by atoms with van der Waals surface area (Å²) in [5, 5.41) is 9.50. The molecule has 2 nitrogen and oxygen atoms in total. The summed E-state index contributed by atoms with van der Waals surface area (Å²) in [6.45, 7) is 2.48. The maximum atomic E-state index is 9.50. The number of hydrogen-bond donors (Lipinski definition) is 0. The van der Waals surface area contributed by atoms with Crippen molar-refractivity contribution in [2.24, 2.45) is 0 Å². The molecule has 0 bridgehead atoms. The Balaban J connectivity index is 1.82. The van der Waals surface area contributed by atoms with Crippen LogP contribution in [0.15, 0.2) is 85.2 Å². The van der Waals surface area contributed by atoms with E-state index in [0.717, 1.165) is 57.2 Å². The molecule has 0 aliphatic carbocycles. The molecule has 1 aromatic heterocycles. The van der Waals surface area contributed by atoms with Crippen LogP contribution in [-0.2, 0) is 19.4 Å². The molecular weight excluding hydrogens is 468 g/mol. The maximum absolute atomic E-state index is 9.50. The van der Waals surface area contributed by atoms with Crippen molar-refractivity contribution in [2.45, 2.75) is 52.0 Å². The van der Waals surface area contributed by atoms with Crippen LogP contribution in [0.2, 0.25) is 0 Å². The Morgan fingerprint density at radius 1 is 0.838 bits per heavy atom. The number of terminal acetylenes is 1. The van der Waals surface area contributed by atoms with E-state index in [2.05, 4.69) is 79.6 Å². The third-order valence-corrected chi connectivity index (χ3v) is 7.10. The molecule has 0 saturated carbocycles. The van der Waals surface area contributed by atoms with Gasteiger partial charge in [-0.1, -0.05) is 105 Å². The Hall–Kier alpha value is -3.92. The molecule has 4 aromatic rings. The molecule has 1 heterocycles. The average Bonchev–Trinajstić information content (AvgIpc) is 2.93. The molecule has 0 saturated heterocycles. The van der Waals surface area contributed by atoms with Crippen molar-refractivity contribution in [3.05, 3.63) is 112 Å². The predicted molar refractivity (Wildman–Crippen MR) is 157 cm³/mol. The Labute approximate surface area is 226 Å².